The third-order valence-electron chi connectivity index (χ3n) is 5.90. The van der Waals surface area contributed by atoms with Crippen molar-refractivity contribution in [1.82, 2.24) is 19.9 Å². The second-order valence-electron chi connectivity index (χ2n) is 8.08. The van der Waals surface area contributed by atoms with Gasteiger partial charge in [0.15, 0.2) is 5.82 Å². The zero-order chi connectivity index (χ0) is 23.3. The van der Waals surface area contributed by atoms with E-state index in [0.29, 0.717) is 18.0 Å². The summed E-state index contributed by atoms with van der Waals surface area (Å²) in [5.41, 5.74) is 2.35. The first kappa shape index (κ1) is 21.8. The van der Waals surface area contributed by atoms with Crippen LogP contribution in [0.25, 0.3) is 22.3 Å². The maximum atomic E-state index is 11.9. The lowest BCUT2D eigenvalue weighted by Crippen LogP contribution is -2.31. The van der Waals surface area contributed by atoms with Crippen molar-refractivity contribution in [2.24, 2.45) is 0 Å². The van der Waals surface area contributed by atoms with Gasteiger partial charge in [0.1, 0.15) is 11.6 Å². The van der Waals surface area contributed by atoms with Crippen LogP contribution in [0, 0.1) is 0 Å². The molecule has 1 aliphatic rings. The van der Waals surface area contributed by atoms with Crippen LogP contribution >= 0.6 is 0 Å². The fraction of sp³-hybridized carbons (Fsp3) is 0.269. The number of hydrogen-bond donors (Lipinski definition) is 0. The Balaban J connectivity index is 1.39. The highest BCUT2D eigenvalue weighted by atomic mass is 16.5. The van der Waals surface area contributed by atoms with Gasteiger partial charge < -0.3 is 14.5 Å². The van der Waals surface area contributed by atoms with Crippen molar-refractivity contribution < 1.29 is 9.53 Å². The van der Waals surface area contributed by atoms with Gasteiger partial charge in [0, 0.05) is 55.7 Å². The van der Waals surface area contributed by atoms with Crippen LogP contribution in [-0.4, -0.2) is 58.7 Å². The smallest absolute Gasteiger partial charge is 0.339 e. The summed E-state index contributed by atoms with van der Waals surface area (Å²) in [6.45, 7) is 5.51. The van der Waals surface area contributed by atoms with Gasteiger partial charge in [-0.15, -0.1) is 0 Å². The Bertz CT molecular complexity index is 1280. The molecule has 1 fully saturated rings. The summed E-state index contributed by atoms with van der Waals surface area (Å²) >= 11 is 0. The van der Waals surface area contributed by atoms with Crippen LogP contribution in [0.1, 0.15) is 23.7 Å². The number of ether oxygens (including phenoxy) is 1. The molecule has 172 valence electrons. The third kappa shape index (κ3) is 4.52. The Morgan fingerprint density at radius 2 is 1.74 bits per heavy atom. The topological polar surface area (TPSA) is 84.3 Å². The molecule has 0 aliphatic carbocycles. The molecular weight excluding hydrogens is 428 g/mol. The molecule has 8 heteroatoms. The van der Waals surface area contributed by atoms with Gasteiger partial charge in [0.25, 0.3) is 0 Å². The second kappa shape index (κ2) is 9.82. The molecule has 4 heterocycles. The minimum atomic E-state index is -0.343. The summed E-state index contributed by atoms with van der Waals surface area (Å²) in [6.07, 6.45) is 6.08. The molecule has 0 N–H and O–H groups in total. The van der Waals surface area contributed by atoms with E-state index in [1.165, 1.54) is 0 Å². The largest absolute Gasteiger partial charge is 0.462 e. The average molecular weight is 455 g/mol. The summed E-state index contributed by atoms with van der Waals surface area (Å²) in [5, 5.41) is 1.05. The molecule has 1 aliphatic heterocycles. The zero-order valence-corrected chi connectivity index (χ0v) is 19.1. The summed E-state index contributed by atoms with van der Waals surface area (Å²) in [5.74, 6) is 2.17. The van der Waals surface area contributed by atoms with Gasteiger partial charge in [-0.25, -0.2) is 19.7 Å². The van der Waals surface area contributed by atoms with Crippen molar-refractivity contribution in [1.29, 1.82) is 0 Å². The molecule has 0 bridgehead atoms. The van der Waals surface area contributed by atoms with E-state index in [4.69, 9.17) is 14.7 Å². The Labute approximate surface area is 198 Å². The Kier molecular flexibility index (Phi) is 6.29. The van der Waals surface area contributed by atoms with Crippen molar-refractivity contribution >= 4 is 28.5 Å². The fourth-order valence-electron chi connectivity index (χ4n) is 4.20. The van der Waals surface area contributed by atoms with E-state index in [1.54, 1.807) is 31.6 Å². The van der Waals surface area contributed by atoms with E-state index < -0.39 is 0 Å². The van der Waals surface area contributed by atoms with Gasteiger partial charge in [-0.3, -0.25) is 4.98 Å². The summed E-state index contributed by atoms with van der Waals surface area (Å²) in [7, 11) is 0. The predicted molar refractivity (Wildman–Crippen MR) is 132 cm³/mol. The molecule has 1 saturated heterocycles. The van der Waals surface area contributed by atoms with E-state index in [1.807, 2.05) is 36.4 Å². The zero-order valence-electron chi connectivity index (χ0n) is 19.1. The fourth-order valence-corrected chi connectivity index (χ4v) is 4.20. The molecule has 34 heavy (non-hydrogen) atoms. The Morgan fingerprint density at radius 3 is 2.53 bits per heavy atom. The van der Waals surface area contributed by atoms with Crippen LogP contribution < -0.4 is 9.80 Å². The van der Waals surface area contributed by atoms with Crippen molar-refractivity contribution in [2.45, 2.75) is 13.3 Å². The lowest BCUT2D eigenvalue weighted by Gasteiger charge is -2.25. The Morgan fingerprint density at radius 1 is 0.941 bits per heavy atom. The molecule has 8 nitrogen and oxygen atoms in total. The number of pyridine rings is 2. The number of nitrogens with zero attached hydrogens (tertiary/aromatic N) is 6. The normalized spacial score (nSPS) is 14.1. The van der Waals surface area contributed by atoms with Gasteiger partial charge in [0.2, 0.25) is 0 Å². The van der Waals surface area contributed by atoms with E-state index in [2.05, 4.69) is 25.8 Å². The number of anilines is 2. The molecule has 0 atom stereocenters. The van der Waals surface area contributed by atoms with Crippen LogP contribution in [-0.2, 0) is 4.74 Å². The number of carbonyl (C=O) groups is 1. The van der Waals surface area contributed by atoms with Gasteiger partial charge in [0.05, 0.1) is 17.7 Å². The molecule has 1 aromatic carbocycles. The van der Waals surface area contributed by atoms with E-state index in [9.17, 15) is 4.79 Å². The van der Waals surface area contributed by atoms with Crippen molar-refractivity contribution in [3.8, 4) is 11.4 Å². The molecule has 4 aromatic rings. The lowest BCUT2D eigenvalue weighted by atomic mass is 10.2. The van der Waals surface area contributed by atoms with Gasteiger partial charge in [-0.2, -0.15) is 0 Å². The number of para-hydroxylation sites is 1. The molecule has 3 aromatic heterocycles. The number of hydrogen-bond acceptors (Lipinski definition) is 8. The first-order valence-corrected chi connectivity index (χ1v) is 11.5. The molecule has 0 saturated carbocycles. The number of aromatic nitrogens is 4. The first-order chi connectivity index (χ1) is 16.7. The highest BCUT2D eigenvalue weighted by Gasteiger charge is 2.20. The average Bonchev–Trinajstić information content (AvgIpc) is 3.15. The van der Waals surface area contributed by atoms with Crippen molar-refractivity contribution in [3.63, 3.8) is 0 Å². The predicted octanol–water partition coefficient (Wildman–Crippen LogP) is 3.98. The summed E-state index contributed by atoms with van der Waals surface area (Å²) < 4.78 is 5.06. The SMILES string of the molecule is CCOC(=O)c1ccc(N2CCCN(c3nc(-c4ccncc4)nc4ccccc34)CC2)nc1. The third-order valence-corrected chi connectivity index (χ3v) is 5.90. The van der Waals surface area contributed by atoms with E-state index >= 15 is 0 Å². The van der Waals surface area contributed by atoms with Crippen LogP contribution in [0.5, 0.6) is 0 Å². The second-order valence-corrected chi connectivity index (χ2v) is 8.08. The van der Waals surface area contributed by atoms with Gasteiger partial charge in [-0.1, -0.05) is 12.1 Å². The highest BCUT2D eigenvalue weighted by molar-refractivity contribution is 5.91. The lowest BCUT2D eigenvalue weighted by molar-refractivity contribution is 0.0526. The number of benzene rings is 1. The van der Waals surface area contributed by atoms with Crippen LogP contribution in [0.2, 0.25) is 0 Å². The number of rotatable bonds is 5. The molecule has 0 spiro atoms. The van der Waals surface area contributed by atoms with Crippen molar-refractivity contribution in [2.75, 3.05) is 42.6 Å². The van der Waals surface area contributed by atoms with Crippen molar-refractivity contribution in [3.05, 3.63) is 72.7 Å². The monoisotopic (exact) mass is 454 g/mol. The van der Waals surface area contributed by atoms with Crippen LogP contribution in [0.4, 0.5) is 11.6 Å². The maximum absolute atomic E-state index is 11.9. The van der Waals surface area contributed by atoms with Crippen LogP contribution in [0.15, 0.2) is 67.1 Å². The molecule has 5 rings (SSSR count). The summed E-state index contributed by atoms with van der Waals surface area (Å²) in [6, 6.07) is 15.7. The number of fused-ring (bicyclic) bond motifs is 1. The Hall–Kier alpha value is -4.07. The van der Waals surface area contributed by atoms with E-state index in [-0.39, 0.29) is 5.97 Å². The minimum Gasteiger partial charge on any atom is -0.462 e. The standard InChI is InChI=1S/C26H26N6O2/c1-2-34-26(33)20-8-9-23(28-18-20)31-14-5-15-32(17-16-31)25-21-6-3-4-7-22(21)29-24(30-25)19-10-12-27-13-11-19/h3-4,6-13,18H,2,5,14-17H2,1H3. The maximum Gasteiger partial charge on any atom is 0.339 e. The highest BCUT2D eigenvalue weighted by Crippen LogP contribution is 2.28. The first-order valence-electron chi connectivity index (χ1n) is 11.5. The van der Waals surface area contributed by atoms with Gasteiger partial charge in [-0.05, 0) is 49.7 Å². The summed E-state index contributed by atoms with van der Waals surface area (Å²) in [4.78, 5) is 34.9. The number of carbonyl (C=O) groups excluding carboxylic acids is 1. The molecule has 0 amide bonds. The minimum absolute atomic E-state index is 0.343. The van der Waals surface area contributed by atoms with Gasteiger partial charge >= 0.3 is 5.97 Å². The van der Waals surface area contributed by atoms with E-state index in [0.717, 1.165) is 60.7 Å². The molecule has 0 radical (unpaired) electrons. The number of esters is 1. The quantitative estimate of drug-likeness (QED) is 0.419. The van der Waals surface area contributed by atoms with Crippen LogP contribution in [0.3, 0.4) is 0 Å². The molecular formula is C26H26N6O2. The molecule has 0 unspecified atom stereocenters.